The van der Waals surface area contributed by atoms with Crippen molar-refractivity contribution in [2.24, 2.45) is 0 Å². The molecule has 7 heteroatoms. The van der Waals surface area contributed by atoms with E-state index in [1.807, 2.05) is 61.7 Å². The van der Waals surface area contributed by atoms with Gasteiger partial charge in [0.2, 0.25) is 5.91 Å². The maximum atomic E-state index is 12.6. The minimum Gasteiger partial charge on any atom is -0.324 e. The lowest BCUT2D eigenvalue weighted by Gasteiger charge is -2.09. The summed E-state index contributed by atoms with van der Waals surface area (Å²) in [7, 11) is 0. The van der Waals surface area contributed by atoms with Crippen LogP contribution in [0.5, 0.6) is 0 Å². The van der Waals surface area contributed by atoms with Crippen LogP contribution in [0.25, 0.3) is 22.5 Å². The topological polar surface area (TPSA) is 76.9 Å². The summed E-state index contributed by atoms with van der Waals surface area (Å²) >= 11 is 1.58. The predicted octanol–water partition coefficient (Wildman–Crippen LogP) is 4.29. The third-order valence-corrected chi connectivity index (χ3v) is 5.34. The molecule has 30 heavy (non-hydrogen) atoms. The number of anilines is 1. The summed E-state index contributed by atoms with van der Waals surface area (Å²) in [5.41, 5.74) is 4.79. The number of nitrogens with zero attached hydrogens (tertiary/aromatic N) is 3. The van der Waals surface area contributed by atoms with Crippen molar-refractivity contribution < 1.29 is 4.79 Å². The van der Waals surface area contributed by atoms with Crippen LogP contribution < -0.4 is 10.9 Å². The van der Waals surface area contributed by atoms with Gasteiger partial charge in [-0.25, -0.2) is 9.67 Å². The zero-order valence-electron chi connectivity index (χ0n) is 16.6. The molecule has 0 fully saturated rings. The fourth-order valence-corrected chi connectivity index (χ4v) is 3.65. The van der Waals surface area contributed by atoms with E-state index >= 15 is 0 Å². The standard InChI is InChI=1S/C23H20N4O2S/c1-15-6-8-17(9-7-15)20-10-11-23(29)27(26-20)13-22(28)25-19-5-3-4-18(12-19)21-14-30-16(2)24-21/h3-12,14H,13H2,1-2H3,(H,25,28). The van der Waals surface area contributed by atoms with Crippen molar-refractivity contribution in [3.05, 3.63) is 87.0 Å². The van der Waals surface area contributed by atoms with Gasteiger partial charge in [0.1, 0.15) is 6.54 Å². The number of aryl methyl sites for hydroxylation is 2. The molecule has 4 aromatic rings. The second kappa shape index (κ2) is 8.42. The molecular weight excluding hydrogens is 396 g/mol. The van der Waals surface area contributed by atoms with Gasteiger partial charge >= 0.3 is 0 Å². The van der Waals surface area contributed by atoms with Crippen LogP contribution in [0.1, 0.15) is 10.6 Å². The number of carbonyl (C=O) groups is 1. The van der Waals surface area contributed by atoms with E-state index in [-0.39, 0.29) is 18.0 Å². The maximum absolute atomic E-state index is 12.6. The molecule has 0 aliphatic heterocycles. The zero-order chi connectivity index (χ0) is 21.1. The molecule has 0 aliphatic rings. The Bertz CT molecular complexity index is 1260. The van der Waals surface area contributed by atoms with E-state index in [0.717, 1.165) is 27.4 Å². The van der Waals surface area contributed by atoms with Gasteiger partial charge in [0, 0.05) is 28.3 Å². The largest absolute Gasteiger partial charge is 0.324 e. The fourth-order valence-electron chi connectivity index (χ4n) is 3.03. The molecule has 2 heterocycles. The van der Waals surface area contributed by atoms with Gasteiger partial charge in [0.15, 0.2) is 0 Å². The summed E-state index contributed by atoms with van der Waals surface area (Å²) < 4.78 is 1.18. The number of hydrogen-bond donors (Lipinski definition) is 1. The Morgan fingerprint density at radius 3 is 2.53 bits per heavy atom. The Kier molecular flexibility index (Phi) is 5.54. The maximum Gasteiger partial charge on any atom is 0.267 e. The van der Waals surface area contributed by atoms with E-state index in [9.17, 15) is 9.59 Å². The molecule has 4 rings (SSSR count). The lowest BCUT2D eigenvalue weighted by molar-refractivity contribution is -0.117. The van der Waals surface area contributed by atoms with E-state index < -0.39 is 0 Å². The Hall–Kier alpha value is -3.58. The van der Waals surface area contributed by atoms with Crippen molar-refractivity contribution in [2.75, 3.05) is 5.32 Å². The number of amides is 1. The van der Waals surface area contributed by atoms with Gasteiger partial charge in [0.05, 0.1) is 16.4 Å². The first-order valence-corrected chi connectivity index (χ1v) is 10.3. The molecule has 0 saturated carbocycles. The minimum atomic E-state index is -0.326. The van der Waals surface area contributed by atoms with Crippen LogP contribution in [0.15, 0.2) is 70.8 Å². The average Bonchev–Trinajstić information content (AvgIpc) is 3.17. The third-order valence-electron chi connectivity index (χ3n) is 4.57. The molecule has 2 aromatic carbocycles. The summed E-state index contributed by atoms with van der Waals surface area (Å²) in [6, 6.07) is 18.4. The summed E-state index contributed by atoms with van der Waals surface area (Å²) in [5, 5.41) is 10.2. The second-order valence-corrected chi connectivity index (χ2v) is 8.02. The van der Waals surface area contributed by atoms with E-state index in [2.05, 4.69) is 15.4 Å². The summed E-state index contributed by atoms with van der Waals surface area (Å²) in [5.74, 6) is -0.322. The smallest absolute Gasteiger partial charge is 0.267 e. The number of rotatable bonds is 5. The predicted molar refractivity (Wildman–Crippen MR) is 120 cm³/mol. The summed E-state index contributed by atoms with van der Waals surface area (Å²) in [6.07, 6.45) is 0. The minimum absolute atomic E-state index is 0.168. The quantitative estimate of drug-likeness (QED) is 0.527. The van der Waals surface area contributed by atoms with E-state index in [0.29, 0.717) is 11.4 Å². The second-order valence-electron chi connectivity index (χ2n) is 6.96. The Labute approximate surface area is 177 Å². The Morgan fingerprint density at radius 1 is 1.00 bits per heavy atom. The van der Waals surface area contributed by atoms with Gasteiger partial charge in [-0.05, 0) is 32.0 Å². The number of aromatic nitrogens is 3. The molecule has 1 amide bonds. The van der Waals surface area contributed by atoms with E-state index in [4.69, 9.17) is 0 Å². The highest BCUT2D eigenvalue weighted by Gasteiger charge is 2.10. The normalized spacial score (nSPS) is 10.7. The fraction of sp³-hybridized carbons (Fsp3) is 0.130. The van der Waals surface area contributed by atoms with Crippen molar-refractivity contribution in [3.63, 3.8) is 0 Å². The molecule has 1 N–H and O–H groups in total. The van der Waals surface area contributed by atoms with Crippen LogP contribution in [0.2, 0.25) is 0 Å². The molecule has 150 valence electrons. The molecule has 0 aliphatic carbocycles. The van der Waals surface area contributed by atoms with Crippen LogP contribution in [-0.4, -0.2) is 20.7 Å². The highest BCUT2D eigenvalue weighted by molar-refractivity contribution is 7.09. The van der Waals surface area contributed by atoms with Crippen molar-refractivity contribution in [1.82, 2.24) is 14.8 Å². The van der Waals surface area contributed by atoms with Crippen LogP contribution in [-0.2, 0) is 11.3 Å². The van der Waals surface area contributed by atoms with Gasteiger partial charge in [-0.2, -0.15) is 5.10 Å². The van der Waals surface area contributed by atoms with Crippen LogP contribution in [0, 0.1) is 13.8 Å². The summed E-state index contributed by atoms with van der Waals surface area (Å²) in [4.78, 5) is 29.2. The number of carbonyl (C=O) groups excluding carboxylic acids is 1. The van der Waals surface area contributed by atoms with Gasteiger partial charge in [0.25, 0.3) is 5.56 Å². The highest BCUT2D eigenvalue weighted by atomic mass is 32.1. The number of thiazole rings is 1. The molecule has 2 aromatic heterocycles. The molecule has 0 unspecified atom stereocenters. The number of nitrogens with one attached hydrogen (secondary N) is 1. The summed E-state index contributed by atoms with van der Waals surface area (Å²) in [6.45, 7) is 3.79. The Morgan fingerprint density at radius 2 is 1.80 bits per heavy atom. The van der Waals surface area contributed by atoms with Crippen molar-refractivity contribution >= 4 is 22.9 Å². The van der Waals surface area contributed by atoms with Crippen molar-refractivity contribution in [3.8, 4) is 22.5 Å². The van der Waals surface area contributed by atoms with Gasteiger partial charge in [-0.15, -0.1) is 11.3 Å². The van der Waals surface area contributed by atoms with Crippen LogP contribution in [0.4, 0.5) is 5.69 Å². The monoisotopic (exact) mass is 416 g/mol. The van der Waals surface area contributed by atoms with Gasteiger partial charge < -0.3 is 5.32 Å². The molecule has 0 radical (unpaired) electrons. The van der Waals surface area contributed by atoms with Gasteiger partial charge in [-0.1, -0.05) is 42.0 Å². The first kappa shape index (κ1) is 19.7. The number of hydrogen-bond acceptors (Lipinski definition) is 5. The lowest BCUT2D eigenvalue weighted by atomic mass is 10.1. The first-order valence-electron chi connectivity index (χ1n) is 9.45. The van der Waals surface area contributed by atoms with E-state index in [1.54, 1.807) is 23.5 Å². The van der Waals surface area contributed by atoms with Gasteiger partial charge in [-0.3, -0.25) is 9.59 Å². The SMILES string of the molecule is Cc1ccc(-c2ccc(=O)n(CC(=O)Nc3cccc(-c4csc(C)n4)c3)n2)cc1. The van der Waals surface area contributed by atoms with Crippen LogP contribution >= 0.6 is 11.3 Å². The molecule has 0 atom stereocenters. The van der Waals surface area contributed by atoms with Crippen molar-refractivity contribution in [2.45, 2.75) is 20.4 Å². The molecule has 0 spiro atoms. The molecule has 0 bridgehead atoms. The van der Waals surface area contributed by atoms with E-state index in [1.165, 1.54) is 10.7 Å². The van der Waals surface area contributed by atoms with Crippen molar-refractivity contribution in [1.29, 1.82) is 0 Å². The third kappa shape index (κ3) is 4.52. The average molecular weight is 417 g/mol. The Balaban J connectivity index is 1.51. The first-order chi connectivity index (χ1) is 14.5. The molecular formula is C23H20N4O2S. The molecule has 6 nitrogen and oxygen atoms in total. The van der Waals surface area contributed by atoms with Crippen LogP contribution in [0.3, 0.4) is 0 Å². The molecule has 0 saturated heterocycles. The number of benzene rings is 2. The zero-order valence-corrected chi connectivity index (χ0v) is 17.4. The lowest BCUT2D eigenvalue weighted by Crippen LogP contribution is -2.29. The highest BCUT2D eigenvalue weighted by Crippen LogP contribution is 2.24.